The second-order valence-electron chi connectivity index (χ2n) is 5.24. The molecule has 134 valence electrons. The Kier molecular flexibility index (Phi) is 8.14. The smallest absolute Gasteiger partial charge is 0.191 e. The summed E-state index contributed by atoms with van der Waals surface area (Å²) in [4.78, 5) is 6.37. The molecular weight excluding hydrogens is 533 g/mol. The molecule has 0 spiro atoms. The number of halogens is 2. The van der Waals surface area contributed by atoms with Crippen molar-refractivity contribution in [2.45, 2.75) is 12.6 Å². The Hall–Kier alpha value is -0.680. The minimum absolute atomic E-state index is 0. The summed E-state index contributed by atoms with van der Waals surface area (Å²) in [7, 11) is 1.73. The van der Waals surface area contributed by atoms with Crippen molar-refractivity contribution < 1.29 is 5.11 Å². The standard InChI is InChI=1S/C17H18BrN3OS2.HI/c1-19-17(20-8-13-7-12(18)10-23-13)21-9-14(22)16-6-11-4-2-3-5-15(11)24-16;/h2-7,10,14,22H,8-9H2,1H3,(H2,19,20,21);1H. The summed E-state index contributed by atoms with van der Waals surface area (Å²) in [5, 5.41) is 20.1. The Balaban J connectivity index is 0.00000225. The number of guanidine groups is 1. The maximum atomic E-state index is 10.4. The van der Waals surface area contributed by atoms with Crippen LogP contribution in [0.3, 0.4) is 0 Å². The van der Waals surface area contributed by atoms with Gasteiger partial charge in [0.05, 0.1) is 6.54 Å². The minimum atomic E-state index is -0.558. The third-order valence-electron chi connectivity index (χ3n) is 3.51. The molecule has 3 rings (SSSR count). The monoisotopic (exact) mass is 551 g/mol. The number of hydrogen-bond donors (Lipinski definition) is 3. The highest BCUT2D eigenvalue weighted by Gasteiger charge is 2.12. The molecule has 1 aromatic carbocycles. The first-order valence-electron chi connectivity index (χ1n) is 7.49. The van der Waals surface area contributed by atoms with Crippen molar-refractivity contribution in [3.8, 4) is 0 Å². The highest BCUT2D eigenvalue weighted by atomic mass is 127. The molecule has 0 amide bonds. The molecule has 0 aliphatic heterocycles. The summed E-state index contributed by atoms with van der Waals surface area (Å²) < 4.78 is 2.28. The van der Waals surface area contributed by atoms with Crippen LogP contribution < -0.4 is 10.6 Å². The zero-order chi connectivity index (χ0) is 16.9. The lowest BCUT2D eigenvalue weighted by atomic mass is 10.2. The van der Waals surface area contributed by atoms with Crippen molar-refractivity contribution in [1.29, 1.82) is 0 Å². The number of aliphatic hydroxyl groups excluding tert-OH is 1. The average Bonchev–Trinajstić information content (AvgIpc) is 3.20. The molecule has 3 N–H and O–H groups in total. The first-order chi connectivity index (χ1) is 11.7. The van der Waals surface area contributed by atoms with Gasteiger partial charge in [0.1, 0.15) is 6.10 Å². The largest absolute Gasteiger partial charge is 0.386 e. The lowest BCUT2D eigenvalue weighted by Crippen LogP contribution is -2.38. The van der Waals surface area contributed by atoms with Gasteiger partial charge in [-0.1, -0.05) is 18.2 Å². The van der Waals surface area contributed by atoms with Crippen LogP contribution in [0.1, 0.15) is 15.9 Å². The van der Waals surface area contributed by atoms with Gasteiger partial charge in [-0.3, -0.25) is 4.99 Å². The van der Waals surface area contributed by atoms with Crippen LogP contribution in [-0.2, 0) is 6.54 Å². The number of thiophene rings is 2. The molecule has 0 saturated carbocycles. The molecule has 3 aromatic rings. The Labute approximate surface area is 180 Å². The topological polar surface area (TPSA) is 56.7 Å². The van der Waals surface area contributed by atoms with Crippen LogP contribution in [0.2, 0.25) is 0 Å². The van der Waals surface area contributed by atoms with E-state index in [0.717, 1.165) is 9.35 Å². The van der Waals surface area contributed by atoms with Gasteiger partial charge in [0.15, 0.2) is 5.96 Å². The van der Waals surface area contributed by atoms with Gasteiger partial charge >= 0.3 is 0 Å². The molecule has 1 unspecified atom stereocenters. The van der Waals surface area contributed by atoms with E-state index in [9.17, 15) is 5.11 Å². The SMILES string of the molecule is CN=C(NCc1cc(Br)cs1)NCC(O)c1cc2ccccc2s1.I. The van der Waals surface area contributed by atoms with Crippen molar-refractivity contribution in [2.24, 2.45) is 4.99 Å². The number of aliphatic imine (C=N–C) groups is 1. The molecule has 25 heavy (non-hydrogen) atoms. The first-order valence-corrected chi connectivity index (χ1v) is 9.98. The second kappa shape index (κ2) is 9.86. The average molecular weight is 552 g/mol. The molecule has 2 aromatic heterocycles. The van der Waals surface area contributed by atoms with E-state index >= 15 is 0 Å². The summed E-state index contributed by atoms with van der Waals surface area (Å²) in [6.07, 6.45) is -0.558. The van der Waals surface area contributed by atoms with Crippen molar-refractivity contribution in [3.05, 3.63) is 56.0 Å². The van der Waals surface area contributed by atoms with Gasteiger partial charge in [-0.05, 0) is 39.5 Å². The number of nitrogens with one attached hydrogen (secondary N) is 2. The highest BCUT2D eigenvalue weighted by Crippen LogP contribution is 2.29. The van der Waals surface area contributed by atoms with Crippen molar-refractivity contribution in [1.82, 2.24) is 10.6 Å². The summed E-state index contributed by atoms with van der Waals surface area (Å²) in [6, 6.07) is 12.3. The lowest BCUT2D eigenvalue weighted by Gasteiger charge is -2.14. The summed E-state index contributed by atoms with van der Waals surface area (Å²) in [6.45, 7) is 1.12. The van der Waals surface area contributed by atoms with Crippen LogP contribution >= 0.6 is 62.6 Å². The van der Waals surface area contributed by atoms with Crippen LogP contribution in [0.5, 0.6) is 0 Å². The second-order valence-corrected chi connectivity index (χ2v) is 8.27. The van der Waals surface area contributed by atoms with Crippen molar-refractivity contribution >= 4 is 78.6 Å². The van der Waals surface area contributed by atoms with E-state index < -0.39 is 6.10 Å². The van der Waals surface area contributed by atoms with Crippen LogP contribution in [0.4, 0.5) is 0 Å². The zero-order valence-electron chi connectivity index (χ0n) is 13.5. The van der Waals surface area contributed by atoms with Gasteiger partial charge in [-0.2, -0.15) is 0 Å². The Morgan fingerprint density at radius 2 is 2.08 bits per heavy atom. The molecule has 0 fully saturated rings. The van der Waals surface area contributed by atoms with Gasteiger partial charge in [-0.15, -0.1) is 46.7 Å². The van der Waals surface area contributed by atoms with Crippen molar-refractivity contribution in [3.63, 3.8) is 0 Å². The van der Waals surface area contributed by atoms with Crippen LogP contribution in [0.25, 0.3) is 10.1 Å². The molecule has 0 aliphatic rings. The Morgan fingerprint density at radius 3 is 2.76 bits per heavy atom. The highest BCUT2D eigenvalue weighted by molar-refractivity contribution is 14.0. The summed E-state index contributed by atoms with van der Waals surface area (Å²) in [5.41, 5.74) is 0. The predicted octanol–water partition coefficient (Wildman–Crippen LogP) is 4.74. The number of aliphatic hydroxyl groups is 1. The maximum absolute atomic E-state index is 10.4. The zero-order valence-corrected chi connectivity index (χ0v) is 19.1. The molecule has 4 nitrogen and oxygen atoms in total. The number of fused-ring (bicyclic) bond motifs is 1. The number of nitrogens with zero attached hydrogens (tertiary/aromatic N) is 1. The molecule has 8 heteroatoms. The maximum Gasteiger partial charge on any atom is 0.191 e. The number of benzene rings is 1. The third-order valence-corrected chi connectivity index (χ3v) is 6.43. The van der Waals surface area contributed by atoms with E-state index in [-0.39, 0.29) is 24.0 Å². The fraction of sp³-hybridized carbons (Fsp3) is 0.235. The Bertz CT molecular complexity index is 816. The predicted molar refractivity (Wildman–Crippen MR) is 122 cm³/mol. The van der Waals surface area contributed by atoms with Gasteiger partial charge in [0, 0.05) is 37.9 Å². The lowest BCUT2D eigenvalue weighted by molar-refractivity contribution is 0.184. The quantitative estimate of drug-likeness (QED) is 0.244. The third kappa shape index (κ3) is 5.65. The molecular formula is C17H19BrIN3OS2. The van der Waals surface area contributed by atoms with Crippen LogP contribution in [-0.4, -0.2) is 24.7 Å². The first kappa shape index (κ1) is 20.6. The van der Waals surface area contributed by atoms with Gasteiger partial charge in [-0.25, -0.2) is 0 Å². The summed E-state index contributed by atoms with van der Waals surface area (Å²) in [5.74, 6) is 0.680. The molecule has 0 bridgehead atoms. The van der Waals surface area contributed by atoms with E-state index in [4.69, 9.17) is 0 Å². The Morgan fingerprint density at radius 1 is 1.28 bits per heavy atom. The van der Waals surface area contributed by atoms with E-state index in [1.807, 2.05) is 18.2 Å². The number of rotatable bonds is 5. The molecule has 0 aliphatic carbocycles. The van der Waals surface area contributed by atoms with E-state index in [0.29, 0.717) is 19.0 Å². The number of hydrogen-bond acceptors (Lipinski definition) is 4. The fourth-order valence-corrected chi connectivity index (χ4v) is 4.74. The van der Waals surface area contributed by atoms with Gasteiger partial charge < -0.3 is 15.7 Å². The fourth-order valence-electron chi connectivity index (χ4n) is 2.30. The van der Waals surface area contributed by atoms with Crippen molar-refractivity contribution in [2.75, 3.05) is 13.6 Å². The van der Waals surface area contributed by atoms with Crippen LogP contribution in [0.15, 0.2) is 51.2 Å². The van der Waals surface area contributed by atoms with Crippen LogP contribution in [0, 0.1) is 0 Å². The minimum Gasteiger partial charge on any atom is -0.386 e. The normalized spacial score (nSPS) is 12.7. The van der Waals surface area contributed by atoms with Gasteiger partial charge in [0.25, 0.3) is 0 Å². The van der Waals surface area contributed by atoms with E-state index in [2.05, 4.69) is 55.1 Å². The van der Waals surface area contributed by atoms with E-state index in [1.54, 1.807) is 29.7 Å². The molecule has 0 saturated heterocycles. The van der Waals surface area contributed by atoms with E-state index in [1.165, 1.54) is 15.0 Å². The molecule has 1 atom stereocenters. The van der Waals surface area contributed by atoms with Gasteiger partial charge in [0.2, 0.25) is 0 Å². The molecule has 0 radical (unpaired) electrons. The molecule has 2 heterocycles. The summed E-state index contributed by atoms with van der Waals surface area (Å²) >= 11 is 6.76.